The van der Waals surface area contributed by atoms with Gasteiger partial charge in [0.15, 0.2) is 0 Å². The van der Waals surface area contributed by atoms with Crippen LogP contribution < -0.4 is 10.5 Å². The molecule has 0 atom stereocenters. The summed E-state index contributed by atoms with van der Waals surface area (Å²) >= 11 is 2.03. The maximum atomic E-state index is 11.4. The molecular weight excluding hydrogens is 293 g/mol. The van der Waals surface area contributed by atoms with Crippen LogP contribution in [-0.2, 0) is 0 Å². The molecule has 1 N–H and O–H groups in total. The molecule has 1 heterocycles. The van der Waals surface area contributed by atoms with Crippen LogP contribution in [0.15, 0.2) is 11.1 Å². The van der Waals surface area contributed by atoms with Crippen molar-refractivity contribution in [2.45, 2.75) is 26.8 Å². The highest BCUT2D eigenvalue weighted by atomic mass is 127. The van der Waals surface area contributed by atoms with Gasteiger partial charge in [0.25, 0.3) is 5.56 Å². The first-order valence-electron chi connectivity index (χ1n) is 4.57. The Kier molecular flexibility index (Phi) is 3.91. The van der Waals surface area contributed by atoms with E-state index in [0.717, 1.165) is 12.4 Å². The minimum Gasteiger partial charge on any atom is -0.353 e. The molecule has 0 amide bonds. The van der Waals surface area contributed by atoms with E-state index >= 15 is 0 Å². The quantitative estimate of drug-likeness (QED) is 0.863. The van der Waals surface area contributed by atoms with Gasteiger partial charge in [-0.3, -0.25) is 4.79 Å². The normalized spacial score (nSPS) is 10.6. The second-order valence-corrected chi connectivity index (χ2v) is 4.33. The summed E-state index contributed by atoms with van der Waals surface area (Å²) in [4.78, 5) is 20.2. The first kappa shape index (κ1) is 11.5. The summed E-state index contributed by atoms with van der Waals surface area (Å²) in [6.07, 6.45) is 1.45. The van der Waals surface area contributed by atoms with E-state index in [1.165, 1.54) is 6.33 Å². The number of aromatic amines is 1. The second kappa shape index (κ2) is 4.77. The summed E-state index contributed by atoms with van der Waals surface area (Å²) in [6, 6.07) is 0.350. The molecule has 0 saturated carbocycles. The predicted octanol–water partition coefficient (Wildman–Crippen LogP) is 1.61. The van der Waals surface area contributed by atoms with Crippen LogP contribution in [0.2, 0.25) is 0 Å². The van der Waals surface area contributed by atoms with E-state index in [4.69, 9.17) is 0 Å². The molecule has 5 heteroatoms. The van der Waals surface area contributed by atoms with Crippen molar-refractivity contribution >= 4 is 28.4 Å². The molecular formula is C9H14IN3O. The zero-order valence-corrected chi connectivity index (χ0v) is 10.7. The topological polar surface area (TPSA) is 49.0 Å². The highest BCUT2D eigenvalue weighted by Gasteiger charge is 2.14. The van der Waals surface area contributed by atoms with Gasteiger partial charge in [0.2, 0.25) is 0 Å². The van der Waals surface area contributed by atoms with Crippen molar-refractivity contribution in [2.24, 2.45) is 0 Å². The Morgan fingerprint density at radius 2 is 2.29 bits per heavy atom. The fourth-order valence-corrected chi connectivity index (χ4v) is 1.94. The molecule has 0 aliphatic carbocycles. The van der Waals surface area contributed by atoms with Crippen LogP contribution in [-0.4, -0.2) is 22.6 Å². The first-order chi connectivity index (χ1) is 6.57. The van der Waals surface area contributed by atoms with Gasteiger partial charge in [-0.05, 0) is 43.4 Å². The lowest BCUT2D eigenvalue weighted by molar-refractivity contribution is 0.689. The van der Waals surface area contributed by atoms with Gasteiger partial charge < -0.3 is 9.88 Å². The Bertz CT molecular complexity index is 361. The second-order valence-electron chi connectivity index (χ2n) is 3.25. The Labute approximate surface area is 96.9 Å². The summed E-state index contributed by atoms with van der Waals surface area (Å²) in [5.74, 6) is 0.770. The van der Waals surface area contributed by atoms with Crippen molar-refractivity contribution in [1.82, 2.24) is 9.97 Å². The molecule has 0 aliphatic heterocycles. The number of hydrogen-bond donors (Lipinski definition) is 1. The van der Waals surface area contributed by atoms with Gasteiger partial charge in [-0.15, -0.1) is 0 Å². The van der Waals surface area contributed by atoms with Crippen LogP contribution in [0.3, 0.4) is 0 Å². The molecule has 14 heavy (non-hydrogen) atoms. The van der Waals surface area contributed by atoms with Crippen molar-refractivity contribution in [3.05, 3.63) is 20.3 Å². The van der Waals surface area contributed by atoms with E-state index in [0.29, 0.717) is 9.61 Å². The average molecular weight is 307 g/mol. The first-order valence-corrected chi connectivity index (χ1v) is 5.65. The minimum absolute atomic E-state index is 0.0744. The average Bonchev–Trinajstić information content (AvgIpc) is 2.13. The molecule has 0 radical (unpaired) electrons. The van der Waals surface area contributed by atoms with Gasteiger partial charge in [-0.1, -0.05) is 0 Å². The monoisotopic (exact) mass is 307 g/mol. The molecule has 0 fully saturated rings. The number of hydrogen-bond acceptors (Lipinski definition) is 3. The highest BCUT2D eigenvalue weighted by molar-refractivity contribution is 14.1. The molecule has 0 saturated heterocycles. The lowest BCUT2D eigenvalue weighted by atomic mass is 10.3. The van der Waals surface area contributed by atoms with E-state index in [1.807, 2.05) is 22.6 Å². The van der Waals surface area contributed by atoms with E-state index < -0.39 is 0 Å². The Morgan fingerprint density at radius 3 is 2.79 bits per heavy atom. The Hall–Kier alpha value is -0.590. The molecule has 0 spiro atoms. The molecule has 0 aromatic carbocycles. The minimum atomic E-state index is -0.0744. The van der Waals surface area contributed by atoms with Crippen molar-refractivity contribution in [3.8, 4) is 0 Å². The third-order valence-corrected chi connectivity index (χ3v) is 2.99. The summed E-state index contributed by atoms with van der Waals surface area (Å²) in [5, 5.41) is 0. The molecule has 0 aliphatic rings. The summed E-state index contributed by atoms with van der Waals surface area (Å²) < 4.78 is 0.653. The number of nitrogens with one attached hydrogen (secondary N) is 1. The van der Waals surface area contributed by atoms with Crippen molar-refractivity contribution in [3.63, 3.8) is 0 Å². The van der Waals surface area contributed by atoms with Crippen LogP contribution in [0.25, 0.3) is 0 Å². The maximum absolute atomic E-state index is 11.4. The van der Waals surface area contributed by atoms with Crippen molar-refractivity contribution < 1.29 is 0 Å². The third kappa shape index (κ3) is 2.26. The van der Waals surface area contributed by atoms with Crippen LogP contribution in [0, 0.1) is 3.57 Å². The molecule has 1 aromatic rings. The summed E-state index contributed by atoms with van der Waals surface area (Å²) in [5.41, 5.74) is -0.0744. The highest BCUT2D eigenvalue weighted by Crippen LogP contribution is 2.17. The van der Waals surface area contributed by atoms with E-state index in [2.05, 4.69) is 35.6 Å². The molecule has 0 bridgehead atoms. The summed E-state index contributed by atoms with van der Waals surface area (Å²) in [6.45, 7) is 7.08. The Morgan fingerprint density at radius 1 is 1.64 bits per heavy atom. The smallest absolute Gasteiger partial charge is 0.266 e. The third-order valence-electron chi connectivity index (χ3n) is 2.01. The van der Waals surface area contributed by atoms with Crippen LogP contribution >= 0.6 is 22.6 Å². The molecule has 4 nitrogen and oxygen atoms in total. The standard InChI is InChI=1S/C9H14IN3O/c1-4-13(6(2)3)8-7(10)9(14)12-5-11-8/h5-6H,4H2,1-3H3,(H,11,12,14). The van der Waals surface area contributed by atoms with Gasteiger partial charge in [-0.25, -0.2) is 4.98 Å². The molecule has 78 valence electrons. The fraction of sp³-hybridized carbons (Fsp3) is 0.556. The molecule has 0 unspecified atom stereocenters. The zero-order chi connectivity index (χ0) is 10.7. The molecule has 1 rings (SSSR count). The van der Waals surface area contributed by atoms with Gasteiger partial charge in [0.05, 0.1) is 6.33 Å². The predicted molar refractivity (Wildman–Crippen MR) is 65.7 cm³/mol. The van der Waals surface area contributed by atoms with E-state index in [-0.39, 0.29) is 5.56 Å². The number of nitrogens with zero attached hydrogens (tertiary/aromatic N) is 2. The van der Waals surface area contributed by atoms with Crippen molar-refractivity contribution in [1.29, 1.82) is 0 Å². The van der Waals surface area contributed by atoms with Crippen LogP contribution in [0.5, 0.6) is 0 Å². The zero-order valence-electron chi connectivity index (χ0n) is 8.54. The summed E-state index contributed by atoms with van der Waals surface area (Å²) in [7, 11) is 0. The maximum Gasteiger partial charge on any atom is 0.266 e. The van der Waals surface area contributed by atoms with Gasteiger partial charge in [-0.2, -0.15) is 0 Å². The van der Waals surface area contributed by atoms with Crippen LogP contribution in [0.1, 0.15) is 20.8 Å². The Balaban J connectivity index is 3.17. The fourth-order valence-electron chi connectivity index (χ4n) is 1.33. The van der Waals surface area contributed by atoms with Crippen molar-refractivity contribution in [2.75, 3.05) is 11.4 Å². The number of rotatable bonds is 3. The number of anilines is 1. The number of H-pyrrole nitrogens is 1. The number of halogens is 1. The largest absolute Gasteiger partial charge is 0.353 e. The lowest BCUT2D eigenvalue weighted by Crippen LogP contribution is -2.33. The van der Waals surface area contributed by atoms with Gasteiger partial charge in [0.1, 0.15) is 9.39 Å². The van der Waals surface area contributed by atoms with Crippen LogP contribution in [0.4, 0.5) is 5.82 Å². The number of aromatic nitrogens is 2. The lowest BCUT2D eigenvalue weighted by Gasteiger charge is -2.26. The van der Waals surface area contributed by atoms with E-state index in [9.17, 15) is 4.79 Å². The van der Waals surface area contributed by atoms with Gasteiger partial charge >= 0.3 is 0 Å². The van der Waals surface area contributed by atoms with Gasteiger partial charge in [0, 0.05) is 12.6 Å². The van der Waals surface area contributed by atoms with E-state index in [1.54, 1.807) is 0 Å². The molecule has 1 aromatic heterocycles. The SMILES string of the molecule is CCN(c1nc[nH]c(=O)c1I)C(C)C.